The van der Waals surface area contributed by atoms with E-state index in [2.05, 4.69) is 4.74 Å². The van der Waals surface area contributed by atoms with Crippen LogP contribution in [0.15, 0.2) is 58.1 Å². The second-order valence-electron chi connectivity index (χ2n) is 7.95. The van der Waals surface area contributed by atoms with Crippen LogP contribution in [0.4, 0.5) is 5.82 Å². The van der Waals surface area contributed by atoms with Crippen molar-refractivity contribution in [1.29, 1.82) is 0 Å². The van der Waals surface area contributed by atoms with Crippen LogP contribution in [0.25, 0.3) is 0 Å². The highest BCUT2D eigenvalue weighted by atomic mass is 35.5. The maximum atomic E-state index is 13.0. The number of halogens is 2. The molecule has 0 bridgehead atoms. The standard InChI is InChI=1S/C25H23Cl2N3O8/c1-14(38-19-9-8-16(26)10-17(19)27)24(34)37-13-18(31)21-22(28)29(11-15-6-4-3-5-7-15)25(35)30(23(21)33)12-20(32)36-2/h3-10,14H,11-13,28H2,1-2H3/t14-/m0/s1. The Morgan fingerprint density at radius 2 is 1.71 bits per heavy atom. The van der Waals surface area contributed by atoms with Gasteiger partial charge >= 0.3 is 17.6 Å². The van der Waals surface area contributed by atoms with E-state index >= 15 is 0 Å². The van der Waals surface area contributed by atoms with E-state index in [1.54, 1.807) is 30.3 Å². The molecule has 13 heteroatoms. The van der Waals surface area contributed by atoms with Crippen molar-refractivity contribution in [3.8, 4) is 5.75 Å². The number of benzene rings is 2. The molecule has 0 amide bonds. The summed E-state index contributed by atoms with van der Waals surface area (Å²) in [6, 6.07) is 13.0. The van der Waals surface area contributed by atoms with Crippen LogP contribution in [0, 0.1) is 0 Å². The van der Waals surface area contributed by atoms with Crippen LogP contribution in [0.2, 0.25) is 10.0 Å². The normalized spacial score (nSPS) is 11.5. The zero-order chi connectivity index (χ0) is 28.0. The Kier molecular flexibility index (Phi) is 9.32. The predicted molar refractivity (Wildman–Crippen MR) is 139 cm³/mol. The fraction of sp³-hybridized carbons (Fsp3) is 0.240. The lowest BCUT2D eigenvalue weighted by atomic mass is 10.1. The van der Waals surface area contributed by atoms with Gasteiger partial charge < -0.3 is 19.9 Å². The van der Waals surface area contributed by atoms with Gasteiger partial charge in [0, 0.05) is 5.02 Å². The second-order valence-corrected chi connectivity index (χ2v) is 8.79. The maximum Gasteiger partial charge on any atom is 0.347 e. The van der Waals surface area contributed by atoms with Crippen molar-refractivity contribution in [3.63, 3.8) is 0 Å². The van der Waals surface area contributed by atoms with Gasteiger partial charge in [-0.25, -0.2) is 14.2 Å². The minimum Gasteiger partial charge on any atom is -0.477 e. The van der Waals surface area contributed by atoms with E-state index in [0.717, 1.165) is 11.7 Å². The SMILES string of the molecule is COC(=O)Cn1c(=O)c(C(=O)COC(=O)[C@H](C)Oc2ccc(Cl)cc2Cl)c(N)n(Cc2ccccc2)c1=O. The summed E-state index contributed by atoms with van der Waals surface area (Å²) < 4.78 is 16.6. The summed E-state index contributed by atoms with van der Waals surface area (Å²) in [6.07, 6.45) is -1.18. The molecule has 0 spiro atoms. The number of ketones is 1. The number of nitrogen functional groups attached to an aromatic ring is 1. The quantitative estimate of drug-likeness (QED) is 0.289. The smallest absolute Gasteiger partial charge is 0.347 e. The van der Waals surface area contributed by atoms with Gasteiger partial charge in [-0.05, 0) is 30.7 Å². The molecular formula is C25H23Cl2N3O8. The summed E-state index contributed by atoms with van der Waals surface area (Å²) >= 11 is 11.9. The van der Waals surface area contributed by atoms with Crippen LogP contribution < -0.4 is 21.7 Å². The molecule has 0 radical (unpaired) electrons. The van der Waals surface area contributed by atoms with Gasteiger partial charge in [0.2, 0.25) is 5.78 Å². The molecule has 3 aromatic rings. The van der Waals surface area contributed by atoms with Gasteiger partial charge in [0.1, 0.15) is 23.7 Å². The van der Waals surface area contributed by atoms with E-state index in [1.165, 1.54) is 25.1 Å². The highest BCUT2D eigenvalue weighted by molar-refractivity contribution is 6.35. The molecule has 2 aromatic carbocycles. The molecule has 2 N–H and O–H groups in total. The number of ether oxygens (including phenoxy) is 3. The van der Waals surface area contributed by atoms with Crippen molar-refractivity contribution < 1.29 is 28.6 Å². The second kappa shape index (κ2) is 12.4. The summed E-state index contributed by atoms with van der Waals surface area (Å²) in [5.41, 5.74) is 4.06. The van der Waals surface area contributed by atoms with Crippen LogP contribution in [0.5, 0.6) is 5.75 Å². The van der Waals surface area contributed by atoms with Gasteiger partial charge in [0.05, 0.1) is 18.7 Å². The van der Waals surface area contributed by atoms with E-state index in [1.807, 2.05) is 0 Å². The molecule has 200 valence electrons. The molecule has 1 heterocycles. The Balaban J connectivity index is 1.87. The van der Waals surface area contributed by atoms with Crippen LogP contribution in [0.1, 0.15) is 22.8 Å². The largest absolute Gasteiger partial charge is 0.477 e. The molecule has 1 atom stereocenters. The summed E-state index contributed by atoms with van der Waals surface area (Å²) in [6.45, 7) is -0.368. The molecule has 0 saturated heterocycles. The fourth-order valence-corrected chi connectivity index (χ4v) is 3.82. The minimum atomic E-state index is -1.18. The number of hydrogen-bond donors (Lipinski definition) is 1. The lowest BCUT2D eigenvalue weighted by Crippen LogP contribution is -2.46. The molecule has 0 aliphatic rings. The molecule has 3 rings (SSSR count). The van der Waals surface area contributed by atoms with E-state index in [4.69, 9.17) is 38.4 Å². The zero-order valence-corrected chi connectivity index (χ0v) is 21.8. The van der Waals surface area contributed by atoms with Gasteiger partial charge in [-0.1, -0.05) is 53.5 Å². The van der Waals surface area contributed by atoms with Crippen molar-refractivity contribution in [2.45, 2.75) is 26.1 Å². The summed E-state index contributed by atoms with van der Waals surface area (Å²) in [5.74, 6) is -3.09. The Labute approximate surface area is 226 Å². The number of carbonyl (C=O) groups excluding carboxylic acids is 3. The first kappa shape index (κ1) is 28.5. The van der Waals surface area contributed by atoms with E-state index in [9.17, 15) is 24.0 Å². The first-order valence-electron chi connectivity index (χ1n) is 11.1. The van der Waals surface area contributed by atoms with Crippen LogP contribution in [-0.2, 0) is 32.2 Å². The van der Waals surface area contributed by atoms with Crippen LogP contribution in [-0.4, -0.2) is 46.7 Å². The Morgan fingerprint density at radius 1 is 1.03 bits per heavy atom. The Bertz CT molecular complexity index is 1480. The maximum absolute atomic E-state index is 13.0. The van der Waals surface area contributed by atoms with Gasteiger partial charge in [-0.3, -0.25) is 19.0 Å². The third-order valence-corrected chi connectivity index (χ3v) is 5.85. The molecule has 0 saturated carbocycles. The lowest BCUT2D eigenvalue weighted by molar-refractivity contribution is -0.149. The Hall–Kier alpha value is -4.09. The number of hydrogen-bond acceptors (Lipinski definition) is 9. The van der Waals surface area contributed by atoms with Crippen molar-refractivity contribution in [2.75, 3.05) is 19.5 Å². The minimum absolute atomic E-state index is 0.0975. The van der Waals surface area contributed by atoms with Gasteiger partial charge in [-0.15, -0.1) is 0 Å². The summed E-state index contributed by atoms with van der Waals surface area (Å²) in [4.78, 5) is 63.4. The number of nitrogens with two attached hydrogens (primary N) is 1. The van der Waals surface area contributed by atoms with E-state index < -0.39 is 59.6 Å². The van der Waals surface area contributed by atoms with Crippen LogP contribution in [0.3, 0.4) is 0 Å². The topological polar surface area (TPSA) is 149 Å². The number of Topliss-reactive ketones (excluding diaryl/α,β-unsaturated/α-hetero) is 1. The van der Waals surface area contributed by atoms with Crippen molar-refractivity contribution in [3.05, 3.63) is 90.5 Å². The van der Waals surface area contributed by atoms with Crippen molar-refractivity contribution in [1.82, 2.24) is 9.13 Å². The van der Waals surface area contributed by atoms with Crippen molar-refractivity contribution in [2.24, 2.45) is 0 Å². The summed E-state index contributed by atoms with van der Waals surface area (Å²) in [7, 11) is 1.08. The number of methoxy groups -OCH3 is 1. The molecule has 1 aromatic heterocycles. The third kappa shape index (κ3) is 6.61. The van der Waals surface area contributed by atoms with Gasteiger partial charge in [0.15, 0.2) is 12.7 Å². The average molecular weight is 564 g/mol. The molecule has 0 unspecified atom stereocenters. The molecule has 11 nitrogen and oxygen atoms in total. The molecule has 0 fully saturated rings. The highest BCUT2D eigenvalue weighted by Crippen LogP contribution is 2.28. The van der Waals surface area contributed by atoms with Crippen molar-refractivity contribution >= 4 is 46.7 Å². The average Bonchev–Trinajstić information content (AvgIpc) is 2.89. The first-order valence-corrected chi connectivity index (χ1v) is 11.8. The number of aromatic nitrogens is 2. The number of esters is 2. The van der Waals surface area contributed by atoms with E-state index in [-0.39, 0.29) is 17.3 Å². The predicted octanol–water partition coefficient (Wildman–Crippen LogP) is 2.31. The molecule has 38 heavy (non-hydrogen) atoms. The fourth-order valence-electron chi connectivity index (χ4n) is 3.36. The number of anilines is 1. The number of rotatable bonds is 10. The van der Waals surface area contributed by atoms with Crippen LogP contribution >= 0.6 is 23.2 Å². The summed E-state index contributed by atoms with van der Waals surface area (Å²) in [5, 5.41) is 0.528. The number of carbonyl (C=O) groups is 3. The monoisotopic (exact) mass is 563 g/mol. The first-order chi connectivity index (χ1) is 18.0. The molecule has 0 aliphatic carbocycles. The zero-order valence-electron chi connectivity index (χ0n) is 20.3. The lowest BCUT2D eigenvalue weighted by Gasteiger charge is -2.17. The number of nitrogens with zero attached hydrogens (tertiary/aromatic N) is 2. The van der Waals surface area contributed by atoms with Gasteiger partial charge in [-0.2, -0.15) is 0 Å². The third-order valence-electron chi connectivity index (χ3n) is 5.32. The highest BCUT2D eigenvalue weighted by Gasteiger charge is 2.26. The molecule has 0 aliphatic heterocycles. The van der Waals surface area contributed by atoms with E-state index in [0.29, 0.717) is 15.2 Å². The molecular weight excluding hydrogens is 541 g/mol. The Morgan fingerprint density at radius 3 is 2.34 bits per heavy atom. The van der Waals surface area contributed by atoms with Gasteiger partial charge in [0.25, 0.3) is 5.56 Å².